The average Bonchev–Trinajstić information content (AvgIpc) is 2.74. The van der Waals surface area contributed by atoms with E-state index in [4.69, 9.17) is 11.6 Å². The van der Waals surface area contributed by atoms with Crippen LogP contribution in [-0.2, 0) is 5.75 Å². The Balaban J connectivity index is 1.75. The van der Waals surface area contributed by atoms with Crippen molar-refractivity contribution in [3.05, 3.63) is 29.0 Å². The molecule has 2 rings (SSSR count). The van der Waals surface area contributed by atoms with Crippen LogP contribution in [0.1, 0.15) is 31.2 Å². The van der Waals surface area contributed by atoms with Crippen LogP contribution in [0, 0.1) is 5.92 Å². The smallest absolute Gasteiger partial charge is 0.133 e. The fourth-order valence-corrected chi connectivity index (χ4v) is 3.54. The molecule has 0 spiro atoms. The summed E-state index contributed by atoms with van der Waals surface area (Å²) in [6.07, 6.45) is 7.45. The lowest BCUT2D eigenvalue weighted by molar-refractivity contribution is 0.623. The highest BCUT2D eigenvalue weighted by Gasteiger charge is 2.14. The molecule has 1 aliphatic rings. The molecule has 0 aromatic carbocycles. The SMILES string of the molecule is Clc1ncccc1CSCC1CCCC1. The summed E-state index contributed by atoms with van der Waals surface area (Å²) in [6, 6.07) is 4.02. The second kappa shape index (κ2) is 5.76. The molecule has 1 aliphatic carbocycles. The molecule has 0 unspecified atom stereocenters. The van der Waals surface area contributed by atoms with Crippen molar-refractivity contribution in [1.82, 2.24) is 4.98 Å². The van der Waals surface area contributed by atoms with E-state index in [2.05, 4.69) is 11.1 Å². The summed E-state index contributed by atoms with van der Waals surface area (Å²) >= 11 is 7.99. The Morgan fingerprint density at radius 1 is 1.40 bits per heavy atom. The van der Waals surface area contributed by atoms with Gasteiger partial charge in [-0.3, -0.25) is 0 Å². The third kappa shape index (κ3) is 3.39. The van der Waals surface area contributed by atoms with Crippen molar-refractivity contribution in [3.8, 4) is 0 Å². The Bertz CT molecular complexity index is 310. The van der Waals surface area contributed by atoms with Crippen molar-refractivity contribution in [1.29, 1.82) is 0 Å². The molecule has 0 bridgehead atoms. The zero-order valence-corrected chi connectivity index (χ0v) is 10.4. The molecule has 0 saturated heterocycles. The Hall–Kier alpha value is -0.210. The van der Waals surface area contributed by atoms with Crippen molar-refractivity contribution >= 4 is 23.4 Å². The first-order valence-corrected chi connectivity index (χ1v) is 7.06. The minimum Gasteiger partial charge on any atom is -0.244 e. The van der Waals surface area contributed by atoms with Gasteiger partial charge < -0.3 is 0 Å². The van der Waals surface area contributed by atoms with E-state index >= 15 is 0 Å². The minimum absolute atomic E-state index is 0.663. The zero-order valence-electron chi connectivity index (χ0n) is 8.79. The standard InChI is InChI=1S/C12H16ClNS/c13-12-11(6-3-7-14-12)9-15-8-10-4-1-2-5-10/h3,6-7,10H,1-2,4-5,8-9H2. The summed E-state index contributed by atoms with van der Waals surface area (Å²) in [5, 5.41) is 0.663. The van der Waals surface area contributed by atoms with E-state index in [0.29, 0.717) is 5.15 Å². The van der Waals surface area contributed by atoms with E-state index in [9.17, 15) is 0 Å². The van der Waals surface area contributed by atoms with Gasteiger partial charge in [-0.2, -0.15) is 11.8 Å². The fourth-order valence-electron chi connectivity index (χ4n) is 2.04. The number of hydrogen-bond donors (Lipinski definition) is 0. The van der Waals surface area contributed by atoms with Crippen LogP contribution >= 0.6 is 23.4 Å². The lowest BCUT2D eigenvalue weighted by Crippen LogP contribution is -1.97. The van der Waals surface area contributed by atoms with Gasteiger partial charge in [0, 0.05) is 11.9 Å². The van der Waals surface area contributed by atoms with Crippen LogP contribution in [0.25, 0.3) is 0 Å². The molecule has 1 fully saturated rings. The quantitative estimate of drug-likeness (QED) is 0.735. The van der Waals surface area contributed by atoms with Gasteiger partial charge >= 0.3 is 0 Å². The van der Waals surface area contributed by atoms with Crippen LogP contribution in [0.2, 0.25) is 5.15 Å². The third-order valence-electron chi connectivity index (χ3n) is 2.92. The van der Waals surface area contributed by atoms with E-state index in [1.54, 1.807) is 6.20 Å². The normalized spacial score (nSPS) is 17.1. The van der Waals surface area contributed by atoms with Crippen LogP contribution in [0.5, 0.6) is 0 Å². The largest absolute Gasteiger partial charge is 0.244 e. The Kier molecular flexibility index (Phi) is 4.33. The molecule has 0 aliphatic heterocycles. The lowest BCUT2D eigenvalue weighted by Gasteiger charge is -2.08. The topological polar surface area (TPSA) is 12.9 Å². The number of aromatic nitrogens is 1. The van der Waals surface area contributed by atoms with E-state index in [-0.39, 0.29) is 0 Å². The molecular weight excluding hydrogens is 226 g/mol. The number of halogens is 1. The lowest BCUT2D eigenvalue weighted by atomic mass is 10.1. The molecule has 82 valence electrons. The van der Waals surface area contributed by atoms with Crippen molar-refractivity contribution in [2.75, 3.05) is 5.75 Å². The van der Waals surface area contributed by atoms with Gasteiger partial charge in [-0.25, -0.2) is 4.98 Å². The first-order valence-electron chi connectivity index (χ1n) is 5.53. The predicted octanol–water partition coefficient (Wildman–Crippen LogP) is 4.16. The predicted molar refractivity (Wildman–Crippen MR) is 67.4 cm³/mol. The zero-order chi connectivity index (χ0) is 10.5. The molecule has 1 saturated carbocycles. The summed E-state index contributed by atoms with van der Waals surface area (Å²) in [5.41, 5.74) is 1.17. The Morgan fingerprint density at radius 3 is 2.93 bits per heavy atom. The van der Waals surface area contributed by atoms with Gasteiger partial charge in [0.25, 0.3) is 0 Å². The second-order valence-corrected chi connectivity index (χ2v) is 5.51. The molecule has 1 nitrogen and oxygen atoms in total. The maximum absolute atomic E-state index is 6.00. The molecule has 1 aromatic rings. The van der Waals surface area contributed by atoms with E-state index in [1.165, 1.54) is 37.0 Å². The minimum atomic E-state index is 0.663. The highest BCUT2D eigenvalue weighted by molar-refractivity contribution is 7.98. The van der Waals surface area contributed by atoms with E-state index in [0.717, 1.165) is 11.7 Å². The first-order chi connectivity index (χ1) is 7.36. The van der Waals surface area contributed by atoms with Crippen LogP contribution in [0.4, 0.5) is 0 Å². The number of thioether (sulfide) groups is 1. The molecule has 0 atom stereocenters. The van der Waals surface area contributed by atoms with Crippen molar-refractivity contribution in [2.24, 2.45) is 5.92 Å². The van der Waals surface area contributed by atoms with Gasteiger partial charge in [-0.1, -0.05) is 30.5 Å². The van der Waals surface area contributed by atoms with Crippen LogP contribution in [-0.4, -0.2) is 10.7 Å². The summed E-state index contributed by atoms with van der Waals surface area (Å²) < 4.78 is 0. The van der Waals surface area contributed by atoms with Gasteiger partial charge in [0.15, 0.2) is 0 Å². The average molecular weight is 242 g/mol. The Morgan fingerprint density at radius 2 is 2.20 bits per heavy atom. The molecule has 0 radical (unpaired) electrons. The molecule has 0 N–H and O–H groups in total. The van der Waals surface area contributed by atoms with Crippen molar-refractivity contribution in [2.45, 2.75) is 31.4 Å². The molecule has 0 amide bonds. The van der Waals surface area contributed by atoms with Crippen LogP contribution in [0.3, 0.4) is 0 Å². The van der Waals surface area contributed by atoms with Crippen molar-refractivity contribution in [3.63, 3.8) is 0 Å². The molecule has 15 heavy (non-hydrogen) atoms. The highest BCUT2D eigenvalue weighted by Crippen LogP contribution is 2.29. The van der Waals surface area contributed by atoms with Gasteiger partial charge in [0.05, 0.1) is 0 Å². The first kappa shape index (κ1) is 11.3. The third-order valence-corrected chi connectivity index (χ3v) is 4.48. The summed E-state index contributed by atoms with van der Waals surface area (Å²) in [7, 11) is 0. The van der Waals surface area contributed by atoms with Gasteiger partial charge in [0.1, 0.15) is 5.15 Å². The van der Waals surface area contributed by atoms with Gasteiger partial charge in [0.2, 0.25) is 0 Å². The second-order valence-electron chi connectivity index (χ2n) is 4.12. The van der Waals surface area contributed by atoms with Crippen molar-refractivity contribution < 1.29 is 0 Å². The number of pyridine rings is 1. The van der Waals surface area contributed by atoms with E-state index in [1.807, 2.05) is 17.8 Å². The molecular formula is C12H16ClNS. The maximum atomic E-state index is 6.00. The maximum Gasteiger partial charge on any atom is 0.133 e. The Labute approximate surface area is 101 Å². The molecule has 1 heterocycles. The summed E-state index contributed by atoms with van der Waals surface area (Å²) in [5.74, 6) is 3.24. The van der Waals surface area contributed by atoms with Gasteiger partial charge in [-0.05, 0) is 36.1 Å². The van der Waals surface area contributed by atoms with E-state index < -0.39 is 0 Å². The highest BCUT2D eigenvalue weighted by atomic mass is 35.5. The molecule has 3 heteroatoms. The number of nitrogens with zero attached hydrogens (tertiary/aromatic N) is 1. The number of rotatable bonds is 4. The summed E-state index contributed by atoms with van der Waals surface area (Å²) in [4.78, 5) is 4.08. The summed E-state index contributed by atoms with van der Waals surface area (Å²) in [6.45, 7) is 0. The molecule has 1 aromatic heterocycles. The van der Waals surface area contributed by atoms with Gasteiger partial charge in [-0.15, -0.1) is 0 Å². The van der Waals surface area contributed by atoms with Crippen LogP contribution < -0.4 is 0 Å². The monoisotopic (exact) mass is 241 g/mol. The fraction of sp³-hybridized carbons (Fsp3) is 0.583. The van der Waals surface area contributed by atoms with Crippen LogP contribution in [0.15, 0.2) is 18.3 Å². The number of hydrogen-bond acceptors (Lipinski definition) is 2.